The lowest BCUT2D eigenvalue weighted by Gasteiger charge is -2.32. The Morgan fingerprint density at radius 1 is 1.19 bits per heavy atom. The van der Waals surface area contributed by atoms with Crippen LogP contribution < -0.4 is 11.3 Å². The molecule has 180 valence electrons. The zero-order chi connectivity index (χ0) is 24.8. The molecular formula is C26H24N8O2. The molecule has 0 aliphatic carbocycles. The summed E-state index contributed by atoms with van der Waals surface area (Å²) in [5.41, 5.74) is 9.53. The van der Waals surface area contributed by atoms with Crippen molar-refractivity contribution < 1.29 is 4.79 Å². The molecule has 0 bridgehead atoms. The van der Waals surface area contributed by atoms with E-state index in [-0.39, 0.29) is 23.3 Å². The SMILES string of the molecule is C=CC(=O)N1CCCC(n2nc(-c3ccc4c(cnn4-c4ccccc4)c3)c3c(N)n[nH]c(=O)c32)C1. The number of anilines is 1. The van der Waals surface area contributed by atoms with Gasteiger partial charge in [-0.15, -0.1) is 0 Å². The van der Waals surface area contributed by atoms with E-state index in [0.29, 0.717) is 29.7 Å². The second-order valence-electron chi connectivity index (χ2n) is 8.90. The van der Waals surface area contributed by atoms with Gasteiger partial charge >= 0.3 is 0 Å². The van der Waals surface area contributed by atoms with Crippen molar-refractivity contribution in [3.05, 3.63) is 77.7 Å². The number of fused-ring (bicyclic) bond motifs is 2. The summed E-state index contributed by atoms with van der Waals surface area (Å²) in [5, 5.41) is 17.4. The van der Waals surface area contributed by atoms with Crippen molar-refractivity contribution in [2.75, 3.05) is 18.8 Å². The topological polar surface area (TPSA) is 128 Å². The Morgan fingerprint density at radius 3 is 2.83 bits per heavy atom. The van der Waals surface area contributed by atoms with Gasteiger partial charge in [0.15, 0.2) is 5.82 Å². The molecule has 1 atom stereocenters. The molecule has 1 unspecified atom stereocenters. The highest BCUT2D eigenvalue weighted by molar-refractivity contribution is 6.01. The smallest absolute Gasteiger partial charge is 0.290 e. The van der Waals surface area contributed by atoms with Crippen LogP contribution in [0.5, 0.6) is 0 Å². The first-order chi connectivity index (χ1) is 17.5. The number of para-hydroxylation sites is 1. The minimum atomic E-state index is -0.372. The number of aromatic amines is 1. The van der Waals surface area contributed by atoms with Gasteiger partial charge in [0.2, 0.25) is 5.91 Å². The number of benzene rings is 2. The Balaban J connectivity index is 1.49. The summed E-state index contributed by atoms with van der Waals surface area (Å²) in [6.07, 6.45) is 4.69. The van der Waals surface area contributed by atoms with Crippen LogP contribution in [0.15, 0.2) is 72.2 Å². The van der Waals surface area contributed by atoms with Gasteiger partial charge < -0.3 is 10.6 Å². The quantitative estimate of drug-likeness (QED) is 0.381. The first-order valence-electron chi connectivity index (χ1n) is 11.8. The van der Waals surface area contributed by atoms with Gasteiger partial charge in [-0.1, -0.05) is 30.8 Å². The predicted octanol–water partition coefficient (Wildman–Crippen LogP) is 3.06. The van der Waals surface area contributed by atoms with Crippen LogP contribution in [0, 0.1) is 0 Å². The summed E-state index contributed by atoms with van der Waals surface area (Å²) in [6.45, 7) is 4.68. The summed E-state index contributed by atoms with van der Waals surface area (Å²) in [6, 6.07) is 15.7. The summed E-state index contributed by atoms with van der Waals surface area (Å²) < 4.78 is 3.59. The molecule has 10 nitrogen and oxygen atoms in total. The predicted molar refractivity (Wildman–Crippen MR) is 138 cm³/mol. The zero-order valence-corrected chi connectivity index (χ0v) is 19.5. The lowest BCUT2D eigenvalue weighted by Crippen LogP contribution is -2.40. The number of nitrogens with two attached hydrogens (primary N) is 1. The van der Waals surface area contributed by atoms with E-state index in [1.807, 2.05) is 53.2 Å². The molecule has 3 aromatic heterocycles. The van der Waals surface area contributed by atoms with Crippen molar-refractivity contribution in [3.63, 3.8) is 0 Å². The summed E-state index contributed by atoms with van der Waals surface area (Å²) in [5.74, 6) is 0.0631. The van der Waals surface area contributed by atoms with E-state index in [0.717, 1.165) is 35.0 Å². The number of aromatic nitrogens is 6. The molecule has 6 rings (SSSR count). The third kappa shape index (κ3) is 3.46. The number of rotatable bonds is 4. The van der Waals surface area contributed by atoms with Gasteiger partial charge in [0.1, 0.15) is 11.2 Å². The number of likely N-dealkylation sites (tertiary alicyclic amines) is 1. The first kappa shape index (κ1) is 21.8. The second-order valence-corrected chi connectivity index (χ2v) is 8.90. The van der Waals surface area contributed by atoms with Crippen LogP contribution >= 0.6 is 0 Å². The molecule has 1 saturated heterocycles. The molecule has 4 heterocycles. The van der Waals surface area contributed by atoms with Crippen LogP contribution in [-0.4, -0.2) is 53.7 Å². The molecule has 1 fully saturated rings. The fraction of sp³-hybridized carbons (Fsp3) is 0.192. The lowest BCUT2D eigenvalue weighted by molar-refractivity contribution is -0.127. The van der Waals surface area contributed by atoms with E-state index in [2.05, 4.69) is 21.9 Å². The molecule has 3 N–H and O–H groups in total. The van der Waals surface area contributed by atoms with Crippen LogP contribution in [0.4, 0.5) is 5.82 Å². The molecule has 1 aliphatic heterocycles. The van der Waals surface area contributed by atoms with E-state index in [4.69, 9.17) is 10.8 Å². The van der Waals surface area contributed by atoms with Crippen molar-refractivity contribution in [1.29, 1.82) is 0 Å². The fourth-order valence-electron chi connectivity index (χ4n) is 5.02. The van der Waals surface area contributed by atoms with Crippen molar-refractivity contribution >= 4 is 33.5 Å². The van der Waals surface area contributed by atoms with E-state index >= 15 is 0 Å². The number of hydrogen-bond donors (Lipinski definition) is 2. The molecule has 0 radical (unpaired) electrons. The Morgan fingerprint density at radius 2 is 2.03 bits per heavy atom. The monoisotopic (exact) mass is 480 g/mol. The van der Waals surface area contributed by atoms with Crippen molar-refractivity contribution in [2.24, 2.45) is 0 Å². The van der Waals surface area contributed by atoms with Crippen molar-refractivity contribution in [1.82, 2.24) is 34.7 Å². The first-order valence-corrected chi connectivity index (χ1v) is 11.8. The molecule has 1 amide bonds. The number of nitrogens with zero attached hydrogens (tertiary/aromatic N) is 6. The normalized spacial score (nSPS) is 16.0. The molecule has 0 spiro atoms. The number of hydrogen-bond acceptors (Lipinski definition) is 6. The third-order valence-electron chi connectivity index (χ3n) is 6.73. The van der Waals surface area contributed by atoms with Gasteiger partial charge in [-0.05, 0) is 43.2 Å². The highest BCUT2D eigenvalue weighted by atomic mass is 16.2. The average Bonchev–Trinajstić information content (AvgIpc) is 3.53. The van der Waals surface area contributed by atoms with Crippen LogP contribution in [0.2, 0.25) is 0 Å². The Labute approximate surface area is 205 Å². The van der Waals surface area contributed by atoms with Crippen LogP contribution in [-0.2, 0) is 4.79 Å². The second kappa shape index (κ2) is 8.49. The highest BCUT2D eigenvalue weighted by Crippen LogP contribution is 2.34. The molecule has 0 saturated carbocycles. The number of amides is 1. The van der Waals surface area contributed by atoms with E-state index in [1.165, 1.54) is 6.08 Å². The van der Waals surface area contributed by atoms with E-state index in [1.54, 1.807) is 15.8 Å². The lowest BCUT2D eigenvalue weighted by atomic mass is 10.1. The maximum Gasteiger partial charge on any atom is 0.290 e. The number of carbonyl (C=O) groups excluding carboxylic acids is 1. The van der Waals surface area contributed by atoms with Crippen LogP contribution in [0.1, 0.15) is 18.9 Å². The minimum Gasteiger partial charge on any atom is -0.382 e. The van der Waals surface area contributed by atoms with Gasteiger partial charge in [-0.2, -0.15) is 15.3 Å². The number of nitrogen functional groups attached to an aromatic ring is 1. The third-order valence-corrected chi connectivity index (χ3v) is 6.73. The molecule has 5 aromatic rings. The standard InChI is InChI=1S/C26H24N8O2/c1-2-21(35)32-12-6-9-19(15-32)34-24-22(25(27)29-30-26(24)36)23(31-34)16-10-11-20-17(13-16)14-28-33(20)18-7-4-3-5-8-18/h2-5,7-8,10-11,13-14,19H,1,6,9,12,15H2,(H2,27,29)(H,30,36). The van der Waals surface area contributed by atoms with Gasteiger partial charge in [0.05, 0.1) is 28.8 Å². The summed E-state index contributed by atoms with van der Waals surface area (Å²) in [7, 11) is 0. The van der Waals surface area contributed by atoms with Gasteiger partial charge in [0, 0.05) is 24.0 Å². The van der Waals surface area contributed by atoms with Gasteiger partial charge in [-0.3, -0.25) is 14.3 Å². The number of piperidine rings is 1. The summed E-state index contributed by atoms with van der Waals surface area (Å²) in [4.78, 5) is 26.9. The largest absolute Gasteiger partial charge is 0.382 e. The van der Waals surface area contributed by atoms with Gasteiger partial charge in [0.25, 0.3) is 5.56 Å². The zero-order valence-electron chi connectivity index (χ0n) is 19.5. The fourth-order valence-corrected chi connectivity index (χ4v) is 5.02. The Bertz CT molecular complexity index is 1680. The van der Waals surface area contributed by atoms with Gasteiger partial charge in [-0.25, -0.2) is 9.78 Å². The maximum atomic E-state index is 12.9. The highest BCUT2D eigenvalue weighted by Gasteiger charge is 2.28. The number of nitrogens with one attached hydrogen (secondary N) is 1. The number of H-pyrrole nitrogens is 1. The minimum absolute atomic E-state index is 0.132. The Hall–Kier alpha value is -4.73. The number of carbonyl (C=O) groups is 1. The summed E-state index contributed by atoms with van der Waals surface area (Å²) >= 11 is 0. The van der Waals surface area contributed by atoms with E-state index in [9.17, 15) is 9.59 Å². The maximum absolute atomic E-state index is 12.9. The van der Waals surface area contributed by atoms with Crippen molar-refractivity contribution in [2.45, 2.75) is 18.9 Å². The molecular weight excluding hydrogens is 456 g/mol. The molecule has 36 heavy (non-hydrogen) atoms. The molecule has 1 aliphatic rings. The van der Waals surface area contributed by atoms with Crippen LogP contribution in [0.3, 0.4) is 0 Å². The van der Waals surface area contributed by atoms with Crippen molar-refractivity contribution in [3.8, 4) is 16.9 Å². The molecule has 2 aromatic carbocycles. The van der Waals surface area contributed by atoms with Crippen LogP contribution in [0.25, 0.3) is 38.8 Å². The Kier molecular flexibility index (Phi) is 5.14. The van der Waals surface area contributed by atoms with E-state index < -0.39 is 0 Å². The average molecular weight is 481 g/mol. The molecule has 10 heteroatoms.